The first-order chi connectivity index (χ1) is 14.5. The summed E-state index contributed by atoms with van der Waals surface area (Å²) in [5.74, 6) is 0.537. The minimum absolute atomic E-state index is 0.0417. The van der Waals surface area contributed by atoms with Crippen molar-refractivity contribution in [3.63, 3.8) is 0 Å². The molecule has 2 unspecified atom stereocenters. The van der Waals surface area contributed by atoms with E-state index in [9.17, 15) is 13.8 Å². The van der Waals surface area contributed by atoms with Crippen molar-refractivity contribution in [2.24, 2.45) is 0 Å². The Hall–Kier alpha value is -2.09. The standard InChI is InChI=1S/C22H33N3O4S/c1-3-15-30(28)23-19-11-9-18(10-12-19)21(26)25-14-13-24(16-17(25)2)22(27)29-20-7-5-4-6-8-20/h9-12,17,20,23H,3-8,13-16H2,1-2H3. The second kappa shape index (κ2) is 10.8. The topological polar surface area (TPSA) is 79.0 Å². The molecule has 1 aliphatic heterocycles. The molecule has 0 spiro atoms. The Bertz CT molecular complexity index is 749. The molecular formula is C22H33N3O4S. The van der Waals surface area contributed by atoms with E-state index in [0.717, 1.165) is 37.8 Å². The zero-order chi connectivity index (χ0) is 21.5. The molecule has 0 radical (unpaired) electrons. The molecule has 2 aliphatic rings. The van der Waals surface area contributed by atoms with E-state index in [-0.39, 0.29) is 24.1 Å². The number of hydrogen-bond acceptors (Lipinski definition) is 4. The minimum atomic E-state index is -1.10. The minimum Gasteiger partial charge on any atom is -0.446 e. The van der Waals surface area contributed by atoms with Crippen LogP contribution in [0.25, 0.3) is 0 Å². The molecule has 7 nitrogen and oxygen atoms in total. The zero-order valence-electron chi connectivity index (χ0n) is 18.0. The van der Waals surface area contributed by atoms with Gasteiger partial charge in [-0.25, -0.2) is 9.00 Å². The van der Waals surface area contributed by atoms with Gasteiger partial charge in [-0.3, -0.25) is 4.79 Å². The van der Waals surface area contributed by atoms with Gasteiger partial charge < -0.3 is 19.3 Å². The number of nitrogens with zero attached hydrogens (tertiary/aromatic N) is 2. The van der Waals surface area contributed by atoms with Crippen LogP contribution in [0.3, 0.4) is 0 Å². The molecule has 1 saturated heterocycles. The van der Waals surface area contributed by atoms with E-state index in [1.807, 2.05) is 18.7 Å². The number of carbonyl (C=O) groups is 2. The molecule has 1 aliphatic carbocycles. The van der Waals surface area contributed by atoms with Gasteiger partial charge in [0.15, 0.2) is 0 Å². The van der Waals surface area contributed by atoms with Crippen LogP contribution in [0.1, 0.15) is 62.7 Å². The van der Waals surface area contributed by atoms with Gasteiger partial charge in [-0.15, -0.1) is 0 Å². The smallest absolute Gasteiger partial charge is 0.410 e. The summed E-state index contributed by atoms with van der Waals surface area (Å²) in [6.45, 7) is 5.39. The molecule has 0 aromatic heterocycles. The van der Waals surface area contributed by atoms with E-state index >= 15 is 0 Å². The van der Waals surface area contributed by atoms with E-state index < -0.39 is 11.0 Å². The lowest BCUT2D eigenvalue weighted by atomic mass is 9.98. The summed E-state index contributed by atoms with van der Waals surface area (Å²) in [5.41, 5.74) is 1.33. The van der Waals surface area contributed by atoms with Crippen LogP contribution in [-0.2, 0) is 15.7 Å². The monoisotopic (exact) mass is 435 g/mol. The highest BCUT2D eigenvalue weighted by Gasteiger charge is 2.32. The Kier molecular flexibility index (Phi) is 8.13. The van der Waals surface area contributed by atoms with Gasteiger partial charge in [0.05, 0.1) is 0 Å². The lowest BCUT2D eigenvalue weighted by molar-refractivity contribution is 0.0203. The molecule has 3 rings (SSSR count). The first-order valence-corrected chi connectivity index (χ1v) is 12.3. The number of rotatable bonds is 6. The molecule has 8 heteroatoms. The number of hydrogen-bond donors (Lipinski definition) is 1. The van der Waals surface area contributed by atoms with Gasteiger partial charge >= 0.3 is 6.09 Å². The number of anilines is 1. The quantitative estimate of drug-likeness (QED) is 0.737. The van der Waals surface area contributed by atoms with E-state index in [0.29, 0.717) is 31.0 Å². The molecule has 1 heterocycles. The first kappa shape index (κ1) is 22.6. The summed E-state index contributed by atoms with van der Waals surface area (Å²) < 4.78 is 20.4. The number of ether oxygens (including phenoxy) is 1. The fourth-order valence-corrected chi connectivity index (χ4v) is 4.91. The summed E-state index contributed by atoms with van der Waals surface area (Å²) in [6.07, 6.45) is 6.01. The van der Waals surface area contributed by atoms with Crippen molar-refractivity contribution in [1.29, 1.82) is 0 Å². The molecule has 0 bridgehead atoms. The van der Waals surface area contributed by atoms with Crippen LogP contribution in [0, 0.1) is 0 Å². The van der Waals surface area contributed by atoms with E-state index in [2.05, 4.69) is 4.72 Å². The van der Waals surface area contributed by atoms with E-state index in [4.69, 9.17) is 4.74 Å². The maximum absolute atomic E-state index is 13.0. The maximum Gasteiger partial charge on any atom is 0.410 e. The zero-order valence-corrected chi connectivity index (χ0v) is 18.8. The second-order valence-corrected chi connectivity index (χ2v) is 9.47. The molecule has 1 saturated carbocycles. The average Bonchev–Trinajstić information content (AvgIpc) is 2.74. The predicted molar refractivity (Wildman–Crippen MR) is 119 cm³/mol. The molecule has 2 amide bonds. The summed E-state index contributed by atoms with van der Waals surface area (Å²) in [5, 5.41) is 0. The highest BCUT2D eigenvalue weighted by Crippen LogP contribution is 2.22. The van der Waals surface area contributed by atoms with Gasteiger partial charge in [-0.05, 0) is 63.3 Å². The van der Waals surface area contributed by atoms with Crippen LogP contribution in [0.15, 0.2) is 24.3 Å². The van der Waals surface area contributed by atoms with Gasteiger partial charge in [0.1, 0.15) is 17.1 Å². The first-order valence-electron chi connectivity index (χ1n) is 11.0. The van der Waals surface area contributed by atoms with Gasteiger partial charge in [0.25, 0.3) is 5.91 Å². The molecule has 2 atom stereocenters. The molecule has 166 valence electrons. The van der Waals surface area contributed by atoms with Crippen molar-refractivity contribution in [3.05, 3.63) is 29.8 Å². The second-order valence-electron chi connectivity index (χ2n) is 8.17. The lowest BCUT2D eigenvalue weighted by Crippen LogP contribution is -2.55. The number of amides is 2. The summed E-state index contributed by atoms with van der Waals surface area (Å²) >= 11 is 0. The van der Waals surface area contributed by atoms with Crippen molar-refractivity contribution < 1.29 is 18.5 Å². The highest BCUT2D eigenvalue weighted by atomic mass is 32.2. The molecule has 2 fully saturated rings. The Labute approximate surface area is 181 Å². The van der Waals surface area contributed by atoms with Crippen molar-refractivity contribution in [3.8, 4) is 0 Å². The largest absolute Gasteiger partial charge is 0.446 e. The summed E-state index contributed by atoms with van der Waals surface area (Å²) in [6, 6.07) is 6.99. The van der Waals surface area contributed by atoms with Crippen LogP contribution in [0.4, 0.5) is 10.5 Å². The summed E-state index contributed by atoms with van der Waals surface area (Å²) in [4.78, 5) is 29.0. The van der Waals surface area contributed by atoms with E-state index in [1.54, 1.807) is 29.2 Å². The van der Waals surface area contributed by atoms with Gasteiger partial charge in [-0.1, -0.05) is 13.3 Å². The molecule has 1 aromatic rings. The Morgan fingerprint density at radius 3 is 2.47 bits per heavy atom. The molecule has 1 aromatic carbocycles. The number of nitrogens with one attached hydrogen (secondary N) is 1. The third kappa shape index (κ3) is 5.97. The Morgan fingerprint density at radius 1 is 1.13 bits per heavy atom. The molecule has 1 N–H and O–H groups in total. The normalized spacial score (nSPS) is 21.2. The maximum atomic E-state index is 13.0. The Morgan fingerprint density at radius 2 is 1.83 bits per heavy atom. The van der Waals surface area contributed by atoms with Crippen LogP contribution >= 0.6 is 0 Å². The van der Waals surface area contributed by atoms with Crippen molar-refractivity contribution in [2.45, 2.75) is 64.5 Å². The summed E-state index contributed by atoms with van der Waals surface area (Å²) in [7, 11) is -1.10. The predicted octanol–water partition coefficient (Wildman–Crippen LogP) is 3.79. The third-order valence-corrected chi connectivity index (χ3v) is 6.96. The third-order valence-electron chi connectivity index (χ3n) is 5.72. The van der Waals surface area contributed by atoms with Gasteiger partial charge in [0, 0.05) is 42.7 Å². The number of carbonyl (C=O) groups excluding carboxylic acids is 2. The average molecular weight is 436 g/mol. The fraction of sp³-hybridized carbons (Fsp3) is 0.636. The molecule has 30 heavy (non-hydrogen) atoms. The number of benzene rings is 1. The van der Waals surface area contributed by atoms with Gasteiger partial charge in [-0.2, -0.15) is 0 Å². The lowest BCUT2D eigenvalue weighted by Gasteiger charge is -2.40. The van der Waals surface area contributed by atoms with E-state index in [1.165, 1.54) is 6.42 Å². The van der Waals surface area contributed by atoms with Crippen LogP contribution in [0.5, 0.6) is 0 Å². The van der Waals surface area contributed by atoms with Crippen LogP contribution in [-0.4, -0.2) is 63.5 Å². The van der Waals surface area contributed by atoms with Crippen molar-refractivity contribution >= 4 is 28.7 Å². The van der Waals surface area contributed by atoms with Gasteiger partial charge in [0.2, 0.25) is 0 Å². The van der Waals surface area contributed by atoms with Crippen molar-refractivity contribution in [1.82, 2.24) is 9.80 Å². The Balaban J connectivity index is 1.52. The highest BCUT2D eigenvalue weighted by molar-refractivity contribution is 7.86. The number of piperazine rings is 1. The van der Waals surface area contributed by atoms with Crippen LogP contribution in [0.2, 0.25) is 0 Å². The van der Waals surface area contributed by atoms with Crippen LogP contribution < -0.4 is 4.72 Å². The van der Waals surface area contributed by atoms with Crippen molar-refractivity contribution in [2.75, 3.05) is 30.1 Å². The fourth-order valence-electron chi connectivity index (χ4n) is 4.04. The molecular weight excluding hydrogens is 402 g/mol. The SMILES string of the molecule is CCCS(=O)Nc1ccc(C(=O)N2CCN(C(=O)OC3CCCCC3)CC2C)cc1.